The lowest BCUT2D eigenvalue weighted by Gasteiger charge is -2.42. The quantitative estimate of drug-likeness (QED) is 0.667. The Morgan fingerprint density at radius 3 is 2.45 bits per heavy atom. The van der Waals surface area contributed by atoms with Crippen molar-refractivity contribution in [3.63, 3.8) is 0 Å². The van der Waals surface area contributed by atoms with Crippen LogP contribution in [0.5, 0.6) is 0 Å². The highest BCUT2D eigenvalue weighted by atomic mass is 16.5. The lowest BCUT2D eigenvalue weighted by molar-refractivity contribution is 0.0724. The highest BCUT2D eigenvalue weighted by Gasteiger charge is 2.33. The third kappa shape index (κ3) is 6.55. The summed E-state index contributed by atoms with van der Waals surface area (Å²) in [7, 11) is 1.81. The van der Waals surface area contributed by atoms with E-state index >= 15 is 0 Å². The van der Waals surface area contributed by atoms with Gasteiger partial charge >= 0.3 is 0 Å². The second-order valence-electron chi connectivity index (χ2n) is 6.96. The van der Waals surface area contributed by atoms with Crippen molar-refractivity contribution in [3.8, 4) is 0 Å². The van der Waals surface area contributed by atoms with E-state index in [2.05, 4.69) is 31.0 Å². The molecule has 20 heavy (non-hydrogen) atoms. The molecule has 1 saturated carbocycles. The molecule has 0 spiro atoms. The molecule has 120 valence electrons. The van der Waals surface area contributed by atoms with Crippen molar-refractivity contribution in [1.82, 2.24) is 10.2 Å². The molecule has 1 aliphatic carbocycles. The van der Waals surface area contributed by atoms with Gasteiger partial charge in [-0.2, -0.15) is 0 Å². The summed E-state index contributed by atoms with van der Waals surface area (Å²) < 4.78 is 5.30. The van der Waals surface area contributed by atoms with E-state index in [1.165, 1.54) is 51.7 Å². The van der Waals surface area contributed by atoms with E-state index in [0.29, 0.717) is 5.41 Å². The van der Waals surface area contributed by atoms with E-state index < -0.39 is 0 Å². The average molecular weight is 284 g/mol. The van der Waals surface area contributed by atoms with Crippen molar-refractivity contribution < 1.29 is 4.74 Å². The lowest BCUT2D eigenvalue weighted by Crippen LogP contribution is -2.47. The normalized spacial score (nSPS) is 18.9. The Hall–Kier alpha value is -0.120. The molecule has 0 atom stereocenters. The summed E-state index contributed by atoms with van der Waals surface area (Å²) in [6, 6.07) is 0. The van der Waals surface area contributed by atoms with Gasteiger partial charge in [-0.25, -0.2) is 0 Å². The first-order valence-electron chi connectivity index (χ1n) is 8.54. The highest BCUT2D eigenvalue weighted by Crippen LogP contribution is 2.36. The minimum Gasteiger partial charge on any atom is -0.383 e. The summed E-state index contributed by atoms with van der Waals surface area (Å²) in [6.07, 6.45) is 7.02. The van der Waals surface area contributed by atoms with Crippen molar-refractivity contribution in [2.75, 3.05) is 46.4 Å². The molecule has 3 heteroatoms. The summed E-state index contributed by atoms with van der Waals surface area (Å²) in [5, 5.41) is 3.62. The van der Waals surface area contributed by atoms with E-state index in [1.807, 2.05) is 7.11 Å². The first kappa shape index (κ1) is 17.9. The van der Waals surface area contributed by atoms with Gasteiger partial charge in [0.25, 0.3) is 0 Å². The number of nitrogens with zero attached hydrogens (tertiary/aromatic N) is 1. The molecule has 1 N–H and O–H groups in total. The van der Waals surface area contributed by atoms with Crippen molar-refractivity contribution in [3.05, 3.63) is 0 Å². The molecule has 0 heterocycles. The zero-order chi connectivity index (χ0) is 14.8. The minimum atomic E-state index is 0.497. The fourth-order valence-corrected chi connectivity index (χ4v) is 3.53. The molecule has 0 bridgehead atoms. The molecule has 0 amide bonds. The Balaban J connectivity index is 2.61. The number of rotatable bonds is 10. The van der Waals surface area contributed by atoms with Gasteiger partial charge in [-0.15, -0.1) is 0 Å². The largest absolute Gasteiger partial charge is 0.383 e. The summed E-state index contributed by atoms with van der Waals surface area (Å²) in [5.74, 6) is 0.728. The van der Waals surface area contributed by atoms with Crippen LogP contribution in [0.3, 0.4) is 0 Å². The first-order valence-corrected chi connectivity index (χ1v) is 8.54. The maximum absolute atomic E-state index is 5.30. The van der Waals surface area contributed by atoms with Crippen LogP contribution in [0.1, 0.15) is 52.9 Å². The average Bonchev–Trinajstić information content (AvgIpc) is 2.43. The van der Waals surface area contributed by atoms with Crippen LogP contribution in [0.4, 0.5) is 0 Å². The summed E-state index contributed by atoms with van der Waals surface area (Å²) in [6.45, 7) is 13.5. The Morgan fingerprint density at radius 2 is 1.90 bits per heavy atom. The molecule has 0 aliphatic heterocycles. The molecule has 1 aliphatic rings. The van der Waals surface area contributed by atoms with Crippen LogP contribution in [0.15, 0.2) is 0 Å². The van der Waals surface area contributed by atoms with Gasteiger partial charge in [-0.3, -0.25) is 0 Å². The predicted octanol–water partition coefficient (Wildman–Crippen LogP) is 3.15. The summed E-state index contributed by atoms with van der Waals surface area (Å²) >= 11 is 0. The number of nitrogens with one attached hydrogen (secondary N) is 1. The van der Waals surface area contributed by atoms with E-state index in [-0.39, 0.29) is 0 Å². The molecule has 0 aromatic carbocycles. The van der Waals surface area contributed by atoms with Crippen LogP contribution < -0.4 is 5.32 Å². The molecule has 1 rings (SSSR count). The Morgan fingerprint density at radius 1 is 1.20 bits per heavy atom. The molecular weight excluding hydrogens is 248 g/mol. The third-order valence-corrected chi connectivity index (χ3v) is 4.46. The van der Waals surface area contributed by atoms with Gasteiger partial charge in [0.15, 0.2) is 0 Å². The number of hydrogen-bond donors (Lipinski definition) is 1. The topological polar surface area (TPSA) is 24.5 Å². The fourth-order valence-electron chi connectivity index (χ4n) is 3.53. The molecule has 3 nitrogen and oxygen atoms in total. The van der Waals surface area contributed by atoms with Crippen molar-refractivity contribution in [2.24, 2.45) is 11.3 Å². The van der Waals surface area contributed by atoms with Crippen molar-refractivity contribution in [2.45, 2.75) is 52.9 Å². The Kier molecular flexibility index (Phi) is 8.74. The highest BCUT2D eigenvalue weighted by molar-refractivity contribution is 4.88. The number of ether oxygens (including phenoxy) is 1. The predicted molar refractivity (Wildman–Crippen MR) is 87.2 cm³/mol. The molecule has 0 aromatic heterocycles. The molecule has 0 radical (unpaired) electrons. The molecular formula is C17H36N2O. The Labute approximate surface area is 126 Å². The van der Waals surface area contributed by atoms with E-state index in [9.17, 15) is 0 Å². The second kappa shape index (κ2) is 9.75. The Bertz CT molecular complexity index is 237. The van der Waals surface area contributed by atoms with Crippen LogP contribution >= 0.6 is 0 Å². The molecule has 0 saturated heterocycles. The zero-order valence-electron chi connectivity index (χ0n) is 14.2. The van der Waals surface area contributed by atoms with E-state index in [0.717, 1.165) is 25.6 Å². The first-order chi connectivity index (χ1) is 9.62. The van der Waals surface area contributed by atoms with Gasteiger partial charge in [-0.05, 0) is 30.7 Å². The van der Waals surface area contributed by atoms with Gasteiger partial charge in [-0.1, -0.05) is 40.0 Å². The summed E-state index contributed by atoms with van der Waals surface area (Å²) in [4.78, 5) is 2.64. The minimum absolute atomic E-state index is 0.497. The van der Waals surface area contributed by atoms with Gasteiger partial charge in [0, 0.05) is 33.3 Å². The van der Waals surface area contributed by atoms with Gasteiger partial charge in [0.2, 0.25) is 0 Å². The zero-order valence-corrected chi connectivity index (χ0v) is 14.2. The van der Waals surface area contributed by atoms with E-state index in [4.69, 9.17) is 4.74 Å². The van der Waals surface area contributed by atoms with Gasteiger partial charge in [0.05, 0.1) is 6.61 Å². The molecule has 1 fully saturated rings. The number of hydrogen-bond acceptors (Lipinski definition) is 3. The van der Waals surface area contributed by atoms with E-state index in [1.54, 1.807) is 0 Å². The summed E-state index contributed by atoms with van der Waals surface area (Å²) in [5.41, 5.74) is 0.497. The van der Waals surface area contributed by atoms with Crippen LogP contribution in [-0.4, -0.2) is 51.3 Å². The molecule has 0 aromatic rings. The van der Waals surface area contributed by atoms with Crippen LogP contribution in [0.2, 0.25) is 0 Å². The second-order valence-corrected chi connectivity index (χ2v) is 6.96. The van der Waals surface area contributed by atoms with Crippen molar-refractivity contribution in [1.29, 1.82) is 0 Å². The van der Waals surface area contributed by atoms with Gasteiger partial charge < -0.3 is 15.0 Å². The number of methoxy groups -OCH3 is 1. The third-order valence-electron chi connectivity index (χ3n) is 4.46. The SMILES string of the molecule is CCNCC1(CN(CCOC)CC(C)C)CCCCC1. The monoisotopic (exact) mass is 284 g/mol. The standard InChI is InChI=1S/C17H36N2O/c1-5-18-14-17(9-7-6-8-10-17)15-19(11-12-20-4)13-16(2)3/h16,18H,5-15H2,1-4H3. The maximum Gasteiger partial charge on any atom is 0.0589 e. The van der Waals surface area contributed by atoms with Gasteiger partial charge in [0.1, 0.15) is 0 Å². The van der Waals surface area contributed by atoms with Crippen LogP contribution in [0, 0.1) is 11.3 Å². The maximum atomic E-state index is 5.30. The van der Waals surface area contributed by atoms with Crippen LogP contribution in [0.25, 0.3) is 0 Å². The van der Waals surface area contributed by atoms with Crippen LogP contribution in [-0.2, 0) is 4.74 Å². The molecule has 0 unspecified atom stereocenters. The fraction of sp³-hybridized carbons (Fsp3) is 1.00. The lowest BCUT2D eigenvalue weighted by atomic mass is 9.73. The smallest absolute Gasteiger partial charge is 0.0589 e. The van der Waals surface area contributed by atoms with Crippen molar-refractivity contribution >= 4 is 0 Å².